The first-order valence-electron chi connectivity index (χ1n) is 7.36. The molecule has 5 heteroatoms. The third-order valence-corrected chi connectivity index (χ3v) is 5.95. The number of benzene rings is 1. The standard InChI is InChI=1S/C16H24N2O2S/c1-4-8-17-9-5-10-18(12-11-17)21(19,20)16-7-6-14(2)15(3)13-16/h4,6-7,13H,1,5,8-12H2,2-3H3. The van der Waals surface area contributed by atoms with Crippen molar-refractivity contribution in [2.45, 2.75) is 25.2 Å². The Hall–Kier alpha value is -1.17. The normalized spacial score (nSPS) is 18.4. The van der Waals surface area contributed by atoms with Gasteiger partial charge in [0.05, 0.1) is 4.90 Å². The Morgan fingerprint density at radius 1 is 1.14 bits per heavy atom. The lowest BCUT2D eigenvalue weighted by atomic mass is 10.1. The predicted octanol–water partition coefficient (Wildman–Crippen LogP) is 2.19. The summed E-state index contributed by atoms with van der Waals surface area (Å²) in [7, 11) is -3.38. The molecule has 0 N–H and O–H groups in total. The molecule has 0 spiro atoms. The van der Waals surface area contributed by atoms with E-state index in [4.69, 9.17) is 0 Å². The average molecular weight is 308 g/mol. The molecule has 1 saturated heterocycles. The van der Waals surface area contributed by atoms with E-state index in [1.807, 2.05) is 26.0 Å². The molecule has 0 amide bonds. The Labute approximate surface area is 128 Å². The molecule has 0 atom stereocenters. The molecule has 116 valence electrons. The summed E-state index contributed by atoms with van der Waals surface area (Å²) in [6.07, 6.45) is 2.73. The van der Waals surface area contributed by atoms with Crippen molar-refractivity contribution in [3.8, 4) is 0 Å². The van der Waals surface area contributed by atoms with Crippen molar-refractivity contribution in [2.75, 3.05) is 32.7 Å². The maximum Gasteiger partial charge on any atom is 0.243 e. The van der Waals surface area contributed by atoms with Gasteiger partial charge in [0.15, 0.2) is 0 Å². The van der Waals surface area contributed by atoms with E-state index in [9.17, 15) is 8.42 Å². The van der Waals surface area contributed by atoms with Crippen molar-refractivity contribution in [3.63, 3.8) is 0 Å². The lowest BCUT2D eigenvalue weighted by Crippen LogP contribution is -2.35. The molecule has 4 nitrogen and oxygen atoms in total. The molecule has 1 aliphatic rings. The highest BCUT2D eigenvalue weighted by molar-refractivity contribution is 7.89. The highest BCUT2D eigenvalue weighted by Crippen LogP contribution is 2.20. The molecular weight excluding hydrogens is 284 g/mol. The van der Waals surface area contributed by atoms with Crippen LogP contribution in [-0.4, -0.2) is 50.3 Å². The molecule has 0 saturated carbocycles. The van der Waals surface area contributed by atoms with Gasteiger partial charge in [-0.25, -0.2) is 8.42 Å². The molecule has 0 aromatic heterocycles. The third-order valence-electron chi connectivity index (χ3n) is 4.05. The summed E-state index contributed by atoms with van der Waals surface area (Å²) in [4.78, 5) is 2.64. The van der Waals surface area contributed by atoms with Crippen LogP contribution in [0.15, 0.2) is 35.7 Å². The van der Waals surface area contributed by atoms with Gasteiger partial charge in [-0.2, -0.15) is 4.31 Å². The molecule has 1 aromatic rings. The third kappa shape index (κ3) is 3.73. The van der Waals surface area contributed by atoms with Crippen molar-refractivity contribution in [1.29, 1.82) is 0 Å². The Balaban J connectivity index is 2.19. The fourth-order valence-corrected chi connectivity index (χ4v) is 4.13. The number of hydrogen-bond acceptors (Lipinski definition) is 3. The Morgan fingerprint density at radius 2 is 1.90 bits per heavy atom. The van der Waals surface area contributed by atoms with Gasteiger partial charge in [-0.05, 0) is 50.1 Å². The quantitative estimate of drug-likeness (QED) is 0.801. The number of rotatable bonds is 4. The average Bonchev–Trinajstić information content (AvgIpc) is 2.68. The van der Waals surface area contributed by atoms with Gasteiger partial charge in [0, 0.05) is 26.2 Å². The molecule has 21 heavy (non-hydrogen) atoms. The van der Waals surface area contributed by atoms with Crippen LogP contribution in [0.2, 0.25) is 0 Å². The zero-order valence-corrected chi connectivity index (χ0v) is 13.7. The van der Waals surface area contributed by atoms with E-state index in [2.05, 4.69) is 11.5 Å². The molecular formula is C16H24N2O2S. The van der Waals surface area contributed by atoms with Crippen molar-refractivity contribution >= 4 is 10.0 Å². The van der Waals surface area contributed by atoms with E-state index < -0.39 is 10.0 Å². The van der Waals surface area contributed by atoms with Crippen LogP contribution < -0.4 is 0 Å². The van der Waals surface area contributed by atoms with Gasteiger partial charge < -0.3 is 0 Å². The largest absolute Gasteiger partial charge is 0.298 e. The van der Waals surface area contributed by atoms with E-state index in [-0.39, 0.29) is 0 Å². The van der Waals surface area contributed by atoms with Crippen LogP contribution in [0.3, 0.4) is 0 Å². The van der Waals surface area contributed by atoms with Crippen molar-refractivity contribution in [3.05, 3.63) is 42.0 Å². The minimum Gasteiger partial charge on any atom is -0.298 e. The summed E-state index contributed by atoms with van der Waals surface area (Å²) >= 11 is 0. The SMILES string of the molecule is C=CCN1CCCN(S(=O)(=O)c2ccc(C)c(C)c2)CC1. The van der Waals surface area contributed by atoms with E-state index >= 15 is 0 Å². The molecule has 1 heterocycles. The second-order valence-corrected chi connectivity index (χ2v) is 7.53. The zero-order chi connectivity index (χ0) is 15.5. The molecule has 0 unspecified atom stereocenters. The van der Waals surface area contributed by atoms with Gasteiger partial charge in [-0.1, -0.05) is 12.1 Å². The van der Waals surface area contributed by atoms with E-state index in [0.29, 0.717) is 18.0 Å². The first-order valence-corrected chi connectivity index (χ1v) is 8.80. The number of aryl methyl sites for hydroxylation is 2. The minimum atomic E-state index is -3.38. The monoisotopic (exact) mass is 308 g/mol. The van der Waals surface area contributed by atoms with Crippen molar-refractivity contribution < 1.29 is 8.42 Å². The zero-order valence-electron chi connectivity index (χ0n) is 12.9. The fraction of sp³-hybridized carbons (Fsp3) is 0.500. The van der Waals surface area contributed by atoms with E-state index in [1.54, 1.807) is 16.4 Å². The molecule has 0 radical (unpaired) electrons. The Bertz CT molecular complexity index is 611. The summed E-state index contributed by atoms with van der Waals surface area (Å²) in [5.41, 5.74) is 2.13. The van der Waals surface area contributed by atoms with Crippen LogP contribution >= 0.6 is 0 Å². The molecule has 1 fully saturated rings. The molecule has 2 rings (SSSR count). The topological polar surface area (TPSA) is 40.6 Å². The second-order valence-electron chi connectivity index (χ2n) is 5.59. The van der Waals surface area contributed by atoms with Gasteiger partial charge in [-0.3, -0.25) is 4.90 Å². The lowest BCUT2D eigenvalue weighted by molar-refractivity contribution is 0.316. The summed E-state index contributed by atoms with van der Waals surface area (Å²) in [5, 5.41) is 0. The summed E-state index contributed by atoms with van der Waals surface area (Å²) in [5.74, 6) is 0. The second kappa shape index (κ2) is 6.73. The minimum absolute atomic E-state index is 0.405. The summed E-state index contributed by atoms with van der Waals surface area (Å²) in [6.45, 7) is 11.3. The van der Waals surface area contributed by atoms with Crippen LogP contribution in [0.1, 0.15) is 17.5 Å². The van der Waals surface area contributed by atoms with Crippen LogP contribution in [0.5, 0.6) is 0 Å². The predicted molar refractivity (Wildman–Crippen MR) is 85.9 cm³/mol. The molecule has 0 aliphatic carbocycles. The van der Waals surface area contributed by atoms with E-state index in [1.165, 1.54) is 0 Å². The van der Waals surface area contributed by atoms with Gasteiger partial charge in [-0.15, -0.1) is 6.58 Å². The summed E-state index contributed by atoms with van der Waals surface area (Å²) < 4.78 is 27.1. The first kappa shape index (κ1) is 16.2. The van der Waals surface area contributed by atoms with Crippen LogP contribution in [0.4, 0.5) is 0 Å². The molecule has 1 aromatic carbocycles. The molecule has 1 aliphatic heterocycles. The first-order chi connectivity index (χ1) is 9.95. The van der Waals surface area contributed by atoms with Crippen molar-refractivity contribution in [2.24, 2.45) is 0 Å². The number of nitrogens with zero attached hydrogens (tertiary/aromatic N) is 2. The Kier molecular flexibility index (Phi) is 5.19. The smallest absolute Gasteiger partial charge is 0.243 e. The van der Waals surface area contributed by atoms with Crippen molar-refractivity contribution in [1.82, 2.24) is 9.21 Å². The maximum absolute atomic E-state index is 12.8. The van der Waals surface area contributed by atoms with Gasteiger partial charge in [0.1, 0.15) is 0 Å². The fourth-order valence-electron chi connectivity index (χ4n) is 2.58. The van der Waals surface area contributed by atoms with Crippen LogP contribution in [0.25, 0.3) is 0 Å². The van der Waals surface area contributed by atoms with Gasteiger partial charge in [0.25, 0.3) is 0 Å². The van der Waals surface area contributed by atoms with Crippen LogP contribution in [-0.2, 0) is 10.0 Å². The summed E-state index contributed by atoms with van der Waals surface area (Å²) in [6, 6.07) is 5.37. The van der Waals surface area contributed by atoms with Gasteiger partial charge >= 0.3 is 0 Å². The highest BCUT2D eigenvalue weighted by atomic mass is 32.2. The van der Waals surface area contributed by atoms with Gasteiger partial charge in [0.2, 0.25) is 10.0 Å². The lowest BCUT2D eigenvalue weighted by Gasteiger charge is -2.21. The molecule has 0 bridgehead atoms. The highest BCUT2D eigenvalue weighted by Gasteiger charge is 2.26. The van der Waals surface area contributed by atoms with Crippen LogP contribution in [0, 0.1) is 13.8 Å². The maximum atomic E-state index is 12.8. The van der Waals surface area contributed by atoms with E-state index in [0.717, 1.165) is 37.2 Å². The number of sulfonamides is 1. The Morgan fingerprint density at radius 3 is 2.57 bits per heavy atom. The number of hydrogen-bond donors (Lipinski definition) is 0.